The minimum absolute atomic E-state index is 0.0481. The number of carbonyl (C=O) groups is 1. The summed E-state index contributed by atoms with van der Waals surface area (Å²) in [6.45, 7) is 2.05. The molecular weight excluding hydrogens is 258 g/mol. The van der Waals surface area contributed by atoms with Gasteiger partial charge in [0, 0.05) is 18.7 Å². The molecule has 0 atom stereocenters. The topological polar surface area (TPSA) is 92.9 Å². The van der Waals surface area contributed by atoms with Gasteiger partial charge in [-0.3, -0.25) is 4.79 Å². The van der Waals surface area contributed by atoms with E-state index in [1.54, 1.807) is 4.68 Å². The number of aryl methyl sites for hydroxylation is 1. The highest BCUT2D eigenvalue weighted by Crippen LogP contribution is 2.18. The van der Waals surface area contributed by atoms with Crippen molar-refractivity contribution in [2.45, 2.75) is 26.2 Å². The number of hydrogen-bond donors (Lipinski definition) is 2. The number of nitrogens with zero attached hydrogens (tertiary/aromatic N) is 4. The third kappa shape index (κ3) is 3.61. The maximum atomic E-state index is 11.7. The molecule has 0 saturated carbocycles. The van der Waals surface area contributed by atoms with Crippen LogP contribution < -0.4 is 5.32 Å². The fourth-order valence-corrected chi connectivity index (χ4v) is 1.88. The first-order valence-corrected chi connectivity index (χ1v) is 6.45. The predicted octanol–water partition coefficient (Wildman–Crippen LogP) is 1.07. The highest BCUT2D eigenvalue weighted by molar-refractivity contribution is 5.90. The normalized spacial score (nSPS) is 10.5. The molecule has 0 aliphatic carbocycles. The average Bonchev–Trinajstić information content (AvgIpc) is 2.93. The number of tetrazole rings is 1. The van der Waals surface area contributed by atoms with Gasteiger partial charge in [0.05, 0.1) is 5.69 Å². The number of aliphatic hydroxyl groups excluding tert-OH is 1. The first kappa shape index (κ1) is 14.1. The molecule has 0 radical (unpaired) electrons. The lowest BCUT2D eigenvalue weighted by atomic mass is 10.1. The van der Waals surface area contributed by atoms with Gasteiger partial charge in [0.2, 0.25) is 5.91 Å². The summed E-state index contributed by atoms with van der Waals surface area (Å²) in [6.07, 6.45) is 3.26. The van der Waals surface area contributed by atoms with E-state index in [1.165, 1.54) is 6.33 Å². The lowest BCUT2D eigenvalue weighted by Gasteiger charge is -2.09. The highest BCUT2D eigenvalue weighted by Gasteiger charge is 2.06. The molecule has 1 amide bonds. The molecule has 2 aromatic rings. The molecule has 0 aliphatic rings. The van der Waals surface area contributed by atoms with Crippen molar-refractivity contribution in [3.05, 3.63) is 30.1 Å². The molecule has 0 unspecified atom stereocenters. The summed E-state index contributed by atoms with van der Waals surface area (Å²) >= 11 is 0. The summed E-state index contributed by atoms with van der Waals surface area (Å²) in [5.41, 5.74) is 2.58. The zero-order valence-electron chi connectivity index (χ0n) is 11.3. The van der Waals surface area contributed by atoms with Gasteiger partial charge in [-0.05, 0) is 54.0 Å². The molecule has 106 valence electrons. The van der Waals surface area contributed by atoms with Crippen molar-refractivity contribution in [1.82, 2.24) is 20.2 Å². The quantitative estimate of drug-likeness (QED) is 0.769. The zero-order valence-corrected chi connectivity index (χ0v) is 11.3. The second-order valence-corrected chi connectivity index (χ2v) is 4.48. The van der Waals surface area contributed by atoms with Crippen LogP contribution in [0.1, 0.15) is 24.8 Å². The molecule has 0 bridgehead atoms. The number of anilines is 1. The maximum Gasteiger partial charge on any atom is 0.224 e. The van der Waals surface area contributed by atoms with Gasteiger partial charge in [0.25, 0.3) is 0 Å². The van der Waals surface area contributed by atoms with Gasteiger partial charge in [-0.1, -0.05) is 0 Å². The van der Waals surface area contributed by atoms with Crippen LogP contribution in [0.3, 0.4) is 0 Å². The molecule has 0 saturated heterocycles. The third-order valence-electron chi connectivity index (χ3n) is 2.89. The minimum Gasteiger partial charge on any atom is -0.396 e. The molecular formula is C13H17N5O2. The van der Waals surface area contributed by atoms with Gasteiger partial charge in [-0.25, -0.2) is 4.68 Å². The first-order chi connectivity index (χ1) is 9.70. The Morgan fingerprint density at radius 1 is 1.40 bits per heavy atom. The van der Waals surface area contributed by atoms with Crippen LogP contribution >= 0.6 is 0 Å². The third-order valence-corrected chi connectivity index (χ3v) is 2.89. The minimum atomic E-state index is -0.0481. The predicted molar refractivity (Wildman–Crippen MR) is 73.5 cm³/mol. The Kier molecular flexibility index (Phi) is 4.78. The average molecular weight is 275 g/mol. The second-order valence-electron chi connectivity index (χ2n) is 4.48. The Morgan fingerprint density at radius 3 is 2.90 bits per heavy atom. The van der Waals surface area contributed by atoms with E-state index in [0.29, 0.717) is 19.3 Å². The van der Waals surface area contributed by atoms with Crippen LogP contribution in [0.4, 0.5) is 5.69 Å². The molecule has 1 heterocycles. The van der Waals surface area contributed by atoms with E-state index < -0.39 is 0 Å². The lowest BCUT2D eigenvalue weighted by molar-refractivity contribution is -0.116. The number of benzene rings is 1. The van der Waals surface area contributed by atoms with Gasteiger partial charge in [0.15, 0.2) is 0 Å². The Bertz CT molecular complexity index is 568. The maximum absolute atomic E-state index is 11.7. The summed E-state index contributed by atoms with van der Waals surface area (Å²) < 4.78 is 1.57. The SMILES string of the molecule is Cc1cc(NC(=O)CCCCO)ccc1-n1cnnn1. The van der Waals surface area contributed by atoms with Gasteiger partial charge >= 0.3 is 0 Å². The largest absolute Gasteiger partial charge is 0.396 e. The molecule has 7 heteroatoms. The van der Waals surface area contributed by atoms with Crippen LogP contribution in [-0.2, 0) is 4.79 Å². The lowest BCUT2D eigenvalue weighted by Crippen LogP contribution is -2.11. The standard InChI is InChI=1S/C13H17N5O2/c1-10-8-11(15-13(20)4-2-3-7-19)5-6-12(10)18-9-14-16-17-18/h5-6,8-9,19H,2-4,7H2,1H3,(H,15,20). The number of aromatic nitrogens is 4. The van der Waals surface area contributed by atoms with Gasteiger partial charge < -0.3 is 10.4 Å². The van der Waals surface area contributed by atoms with Gasteiger partial charge in [0.1, 0.15) is 6.33 Å². The van der Waals surface area contributed by atoms with E-state index in [2.05, 4.69) is 20.8 Å². The molecule has 1 aromatic carbocycles. The number of aliphatic hydroxyl groups is 1. The summed E-state index contributed by atoms with van der Waals surface area (Å²) in [6, 6.07) is 5.55. The van der Waals surface area contributed by atoms with Crippen molar-refractivity contribution in [3.63, 3.8) is 0 Å². The van der Waals surface area contributed by atoms with Crippen molar-refractivity contribution in [3.8, 4) is 5.69 Å². The van der Waals surface area contributed by atoms with E-state index in [4.69, 9.17) is 5.11 Å². The monoisotopic (exact) mass is 275 g/mol. The summed E-state index contributed by atoms with van der Waals surface area (Å²) in [5.74, 6) is -0.0481. The molecule has 0 spiro atoms. The summed E-state index contributed by atoms with van der Waals surface area (Å²) in [7, 11) is 0. The van der Waals surface area contributed by atoms with Crippen molar-refractivity contribution in [1.29, 1.82) is 0 Å². The Hall–Kier alpha value is -2.28. The number of amides is 1. The molecule has 20 heavy (non-hydrogen) atoms. The molecule has 0 fully saturated rings. The number of carbonyl (C=O) groups excluding carboxylic acids is 1. The highest BCUT2D eigenvalue weighted by atomic mass is 16.3. The molecule has 2 rings (SSSR count). The van der Waals surface area contributed by atoms with Crippen molar-refractivity contribution < 1.29 is 9.90 Å². The molecule has 1 aromatic heterocycles. The van der Waals surface area contributed by atoms with Crippen LogP contribution in [-0.4, -0.2) is 37.8 Å². The van der Waals surface area contributed by atoms with Crippen molar-refractivity contribution in [2.24, 2.45) is 0 Å². The van der Waals surface area contributed by atoms with E-state index in [0.717, 1.165) is 16.9 Å². The van der Waals surface area contributed by atoms with Crippen LogP contribution in [0.5, 0.6) is 0 Å². The van der Waals surface area contributed by atoms with Gasteiger partial charge in [-0.15, -0.1) is 5.10 Å². The number of hydrogen-bond acceptors (Lipinski definition) is 5. The smallest absolute Gasteiger partial charge is 0.224 e. The van der Waals surface area contributed by atoms with E-state index in [-0.39, 0.29) is 12.5 Å². The zero-order chi connectivity index (χ0) is 14.4. The fraction of sp³-hybridized carbons (Fsp3) is 0.385. The number of nitrogens with one attached hydrogen (secondary N) is 1. The second kappa shape index (κ2) is 6.76. The molecule has 0 aliphatic heterocycles. The molecule has 7 nitrogen and oxygen atoms in total. The summed E-state index contributed by atoms with van der Waals surface area (Å²) in [4.78, 5) is 11.7. The fourth-order valence-electron chi connectivity index (χ4n) is 1.88. The van der Waals surface area contributed by atoms with Crippen molar-refractivity contribution in [2.75, 3.05) is 11.9 Å². The van der Waals surface area contributed by atoms with Crippen LogP contribution in [0.25, 0.3) is 5.69 Å². The Labute approximate surface area is 116 Å². The summed E-state index contributed by atoms with van der Waals surface area (Å²) in [5, 5.41) is 22.5. The van der Waals surface area contributed by atoms with Gasteiger partial charge in [-0.2, -0.15) is 0 Å². The Morgan fingerprint density at radius 2 is 2.25 bits per heavy atom. The molecule has 2 N–H and O–H groups in total. The first-order valence-electron chi connectivity index (χ1n) is 6.45. The van der Waals surface area contributed by atoms with Crippen LogP contribution in [0.2, 0.25) is 0 Å². The van der Waals surface area contributed by atoms with E-state index in [1.807, 2.05) is 25.1 Å². The number of unbranched alkanes of at least 4 members (excludes halogenated alkanes) is 1. The number of rotatable bonds is 6. The van der Waals surface area contributed by atoms with Crippen LogP contribution in [0, 0.1) is 6.92 Å². The van der Waals surface area contributed by atoms with E-state index >= 15 is 0 Å². The Balaban J connectivity index is 2.00. The van der Waals surface area contributed by atoms with Crippen LogP contribution in [0.15, 0.2) is 24.5 Å². The van der Waals surface area contributed by atoms with E-state index in [9.17, 15) is 4.79 Å². The van der Waals surface area contributed by atoms with Crippen molar-refractivity contribution >= 4 is 11.6 Å².